The van der Waals surface area contributed by atoms with E-state index >= 15 is 0 Å². The van der Waals surface area contributed by atoms with Crippen molar-refractivity contribution < 1.29 is 19.7 Å². The highest BCUT2D eigenvalue weighted by molar-refractivity contribution is 6.31. The van der Waals surface area contributed by atoms with Gasteiger partial charge in [-0.15, -0.1) is 0 Å². The molecule has 6 heteroatoms. The second-order valence-corrected chi connectivity index (χ2v) is 7.55. The summed E-state index contributed by atoms with van der Waals surface area (Å²) < 4.78 is 5.70. The van der Waals surface area contributed by atoms with Gasteiger partial charge < -0.3 is 20.3 Å². The molecule has 0 bridgehead atoms. The molecule has 2 heterocycles. The van der Waals surface area contributed by atoms with Gasteiger partial charge in [0.2, 0.25) is 0 Å². The lowest BCUT2D eigenvalue weighted by atomic mass is 9.93. The van der Waals surface area contributed by atoms with Crippen LogP contribution in [0.3, 0.4) is 0 Å². The van der Waals surface area contributed by atoms with Crippen LogP contribution in [-0.4, -0.2) is 41.4 Å². The van der Waals surface area contributed by atoms with E-state index in [4.69, 9.17) is 16.3 Å². The maximum absolute atomic E-state index is 11.8. The average Bonchev–Trinajstić information content (AvgIpc) is 3.13. The van der Waals surface area contributed by atoms with Crippen molar-refractivity contribution in [2.45, 2.75) is 37.6 Å². The Morgan fingerprint density at radius 3 is 2.89 bits per heavy atom. The van der Waals surface area contributed by atoms with Gasteiger partial charge in [0.05, 0.1) is 12.7 Å². The van der Waals surface area contributed by atoms with E-state index in [-0.39, 0.29) is 6.42 Å². The van der Waals surface area contributed by atoms with E-state index in [1.807, 2.05) is 18.2 Å². The molecule has 0 unspecified atom stereocenters. The standard InChI is InChI=1S/C21H22ClNO4/c22-16-3-2-14(19-10-18(25)21(26)20(11-24)27-19)9-15(16)8-12-1-4-17-13(7-12)5-6-23-17/h1-4,7,9,18-20,23-25H,5-6,8,10-11H2/t18-,19-,20-/m1/s1. The molecule has 2 aromatic carbocycles. The number of ether oxygens (including phenoxy) is 1. The summed E-state index contributed by atoms with van der Waals surface area (Å²) >= 11 is 6.41. The fourth-order valence-corrected chi connectivity index (χ4v) is 4.00. The molecule has 0 amide bonds. The molecule has 27 heavy (non-hydrogen) atoms. The zero-order valence-electron chi connectivity index (χ0n) is 14.8. The highest BCUT2D eigenvalue weighted by atomic mass is 35.5. The van der Waals surface area contributed by atoms with Gasteiger partial charge in [-0.1, -0.05) is 35.9 Å². The van der Waals surface area contributed by atoms with Crippen LogP contribution in [0.5, 0.6) is 0 Å². The molecule has 4 rings (SSSR count). The third kappa shape index (κ3) is 3.73. The van der Waals surface area contributed by atoms with E-state index in [0.29, 0.717) is 11.4 Å². The zero-order valence-corrected chi connectivity index (χ0v) is 15.6. The Morgan fingerprint density at radius 2 is 2.07 bits per heavy atom. The van der Waals surface area contributed by atoms with Crippen LogP contribution in [0.15, 0.2) is 36.4 Å². The minimum absolute atomic E-state index is 0.181. The Labute approximate surface area is 162 Å². The zero-order chi connectivity index (χ0) is 19.0. The van der Waals surface area contributed by atoms with Crippen molar-refractivity contribution in [1.82, 2.24) is 0 Å². The third-order valence-electron chi connectivity index (χ3n) is 5.29. The van der Waals surface area contributed by atoms with Crippen LogP contribution in [0, 0.1) is 0 Å². The van der Waals surface area contributed by atoms with Crippen molar-refractivity contribution >= 4 is 23.1 Å². The van der Waals surface area contributed by atoms with Crippen LogP contribution in [0.25, 0.3) is 0 Å². The smallest absolute Gasteiger partial charge is 0.192 e. The molecular formula is C21H22ClNO4. The minimum Gasteiger partial charge on any atom is -0.393 e. The van der Waals surface area contributed by atoms with Crippen LogP contribution >= 0.6 is 11.6 Å². The van der Waals surface area contributed by atoms with Crippen LogP contribution in [-0.2, 0) is 22.4 Å². The number of fused-ring (bicyclic) bond motifs is 1. The van der Waals surface area contributed by atoms with Gasteiger partial charge in [-0.2, -0.15) is 0 Å². The maximum atomic E-state index is 11.8. The first-order chi connectivity index (χ1) is 13.0. The van der Waals surface area contributed by atoms with Gasteiger partial charge in [-0.05, 0) is 47.2 Å². The number of aliphatic hydroxyl groups is 2. The van der Waals surface area contributed by atoms with Gasteiger partial charge >= 0.3 is 0 Å². The van der Waals surface area contributed by atoms with Crippen molar-refractivity contribution in [1.29, 1.82) is 0 Å². The molecule has 0 radical (unpaired) electrons. The molecule has 2 aliphatic heterocycles. The monoisotopic (exact) mass is 387 g/mol. The number of hydrogen-bond donors (Lipinski definition) is 3. The molecule has 0 saturated carbocycles. The van der Waals surface area contributed by atoms with Crippen molar-refractivity contribution in [2.75, 3.05) is 18.5 Å². The van der Waals surface area contributed by atoms with Gasteiger partial charge in [0, 0.05) is 23.7 Å². The van der Waals surface area contributed by atoms with Crippen LogP contribution in [0.2, 0.25) is 5.02 Å². The quantitative estimate of drug-likeness (QED) is 0.751. The van der Waals surface area contributed by atoms with E-state index < -0.39 is 30.7 Å². The number of hydrogen-bond acceptors (Lipinski definition) is 5. The number of anilines is 1. The van der Waals surface area contributed by atoms with Gasteiger partial charge in [0.25, 0.3) is 0 Å². The molecule has 0 aliphatic carbocycles. The Hall–Kier alpha value is -1.92. The second kappa shape index (κ2) is 7.60. The molecule has 142 valence electrons. The van der Waals surface area contributed by atoms with Crippen LogP contribution in [0.4, 0.5) is 5.69 Å². The molecular weight excluding hydrogens is 366 g/mol. The molecule has 2 aromatic rings. The fourth-order valence-electron chi connectivity index (χ4n) is 3.82. The molecule has 3 N–H and O–H groups in total. The van der Waals surface area contributed by atoms with E-state index in [1.54, 1.807) is 0 Å². The fraction of sp³-hybridized carbons (Fsp3) is 0.381. The van der Waals surface area contributed by atoms with Crippen molar-refractivity contribution in [2.24, 2.45) is 0 Å². The van der Waals surface area contributed by atoms with Gasteiger partial charge in [0.15, 0.2) is 5.78 Å². The molecule has 1 fully saturated rings. The minimum atomic E-state index is -1.12. The van der Waals surface area contributed by atoms with Crippen LogP contribution in [0.1, 0.15) is 34.8 Å². The van der Waals surface area contributed by atoms with Crippen molar-refractivity contribution in [3.8, 4) is 0 Å². The maximum Gasteiger partial charge on any atom is 0.192 e. The predicted molar refractivity (Wildman–Crippen MR) is 103 cm³/mol. The topological polar surface area (TPSA) is 78.8 Å². The lowest BCUT2D eigenvalue weighted by molar-refractivity contribution is -0.161. The number of aliphatic hydroxyl groups excluding tert-OH is 2. The van der Waals surface area contributed by atoms with Crippen molar-refractivity contribution in [3.05, 3.63) is 63.7 Å². The van der Waals surface area contributed by atoms with Crippen LogP contribution < -0.4 is 5.32 Å². The summed E-state index contributed by atoms with van der Waals surface area (Å²) in [6.07, 6.45) is -0.652. The van der Waals surface area contributed by atoms with E-state index in [0.717, 1.165) is 24.1 Å². The molecule has 2 aliphatic rings. The number of benzene rings is 2. The first kappa shape index (κ1) is 18.4. The van der Waals surface area contributed by atoms with Crippen molar-refractivity contribution in [3.63, 3.8) is 0 Å². The normalized spacial score (nSPS) is 24.6. The Morgan fingerprint density at radius 1 is 1.22 bits per heavy atom. The Kier molecular flexibility index (Phi) is 5.19. The Bertz CT molecular complexity index is 869. The molecule has 3 atom stereocenters. The predicted octanol–water partition coefficient (Wildman–Crippen LogP) is 2.65. The largest absolute Gasteiger partial charge is 0.393 e. The van der Waals surface area contributed by atoms with Gasteiger partial charge in [0.1, 0.15) is 12.2 Å². The number of rotatable bonds is 4. The number of carbonyl (C=O) groups is 1. The number of ketones is 1. The molecule has 0 spiro atoms. The number of carbonyl (C=O) groups excluding carboxylic acids is 1. The van der Waals surface area contributed by atoms with Gasteiger partial charge in [-0.25, -0.2) is 0 Å². The second-order valence-electron chi connectivity index (χ2n) is 7.15. The van der Waals surface area contributed by atoms with E-state index in [2.05, 4.69) is 23.5 Å². The summed E-state index contributed by atoms with van der Waals surface area (Å²) in [7, 11) is 0. The summed E-state index contributed by atoms with van der Waals surface area (Å²) in [5, 5.41) is 23.3. The summed E-state index contributed by atoms with van der Waals surface area (Å²) in [6.45, 7) is 0.539. The summed E-state index contributed by atoms with van der Waals surface area (Å²) in [5.41, 5.74) is 5.52. The first-order valence-electron chi connectivity index (χ1n) is 9.17. The Balaban J connectivity index is 1.57. The van der Waals surface area contributed by atoms with E-state index in [9.17, 15) is 15.0 Å². The third-order valence-corrected chi connectivity index (χ3v) is 5.66. The lowest BCUT2D eigenvalue weighted by Crippen LogP contribution is -2.43. The SMILES string of the molecule is O=C1[C@H](O)C[C@H](c2ccc(Cl)c(Cc3ccc4c(c3)CCN4)c2)O[C@@H]1CO. The highest BCUT2D eigenvalue weighted by Gasteiger charge is 2.36. The molecule has 5 nitrogen and oxygen atoms in total. The number of nitrogens with one attached hydrogen (secondary N) is 1. The summed E-state index contributed by atoms with van der Waals surface area (Å²) in [5.74, 6) is -0.463. The number of halogens is 1. The number of Topliss-reactive ketones (excluding diaryl/α,β-unsaturated/α-hetero) is 1. The van der Waals surface area contributed by atoms with E-state index in [1.165, 1.54) is 16.8 Å². The lowest BCUT2D eigenvalue weighted by Gasteiger charge is -2.31. The highest BCUT2D eigenvalue weighted by Crippen LogP contribution is 2.33. The molecule has 0 aromatic heterocycles. The van der Waals surface area contributed by atoms with Gasteiger partial charge in [-0.3, -0.25) is 4.79 Å². The average molecular weight is 388 g/mol. The first-order valence-corrected chi connectivity index (χ1v) is 9.55. The summed E-state index contributed by atoms with van der Waals surface area (Å²) in [6, 6.07) is 12.0. The summed E-state index contributed by atoms with van der Waals surface area (Å²) in [4.78, 5) is 11.8. The molecule has 1 saturated heterocycles.